The number of ether oxygens (including phenoxy) is 1. The van der Waals surface area contributed by atoms with E-state index < -0.39 is 6.23 Å². The van der Waals surface area contributed by atoms with E-state index >= 15 is 0 Å². The molecule has 0 aliphatic carbocycles. The van der Waals surface area contributed by atoms with Gasteiger partial charge in [-0.15, -0.1) is 0 Å². The smallest absolute Gasteiger partial charge is 0.251 e. The molecule has 0 N–H and O–H groups in total. The molecule has 0 radical (unpaired) electrons. The van der Waals surface area contributed by atoms with Crippen molar-refractivity contribution < 1.29 is 9.53 Å². The molecule has 0 spiro atoms. The summed E-state index contributed by atoms with van der Waals surface area (Å²) in [6.07, 6.45) is -0.0351. The number of rotatable bonds is 3. The summed E-state index contributed by atoms with van der Waals surface area (Å²) in [6.45, 7) is 2.07. The fraction of sp³-hybridized carbons (Fsp3) is 0.167. The Bertz CT molecular complexity index is 1110. The number of ketones is 1. The van der Waals surface area contributed by atoms with Crippen molar-refractivity contribution in [3.05, 3.63) is 99.5 Å². The lowest BCUT2D eigenvalue weighted by Crippen LogP contribution is -2.45. The number of benzene rings is 3. The van der Waals surface area contributed by atoms with E-state index in [-0.39, 0.29) is 11.8 Å². The van der Waals surface area contributed by atoms with Crippen LogP contribution in [0.4, 0.5) is 0 Å². The van der Waals surface area contributed by atoms with Crippen LogP contribution in [0.25, 0.3) is 0 Å². The SMILES string of the molecule is Cc1ccc(C2=NN3[C@H](C(=O)c4ccc(Br)cc4)Oc4ccccc4[C@@H]3C2)cc1. The number of hydrazone groups is 1. The first-order valence-corrected chi connectivity index (χ1v) is 10.4. The number of hydrogen-bond donors (Lipinski definition) is 0. The minimum Gasteiger partial charge on any atom is -0.461 e. The van der Waals surface area contributed by atoms with Gasteiger partial charge in [0.2, 0.25) is 5.78 Å². The van der Waals surface area contributed by atoms with Crippen molar-refractivity contribution in [1.29, 1.82) is 0 Å². The first kappa shape index (κ1) is 18.1. The quantitative estimate of drug-likeness (QED) is 0.498. The minimum absolute atomic E-state index is 0.0133. The molecule has 0 aromatic heterocycles. The van der Waals surface area contributed by atoms with E-state index in [0.29, 0.717) is 5.56 Å². The molecule has 5 rings (SSSR count). The highest BCUT2D eigenvalue weighted by Gasteiger charge is 2.43. The van der Waals surface area contributed by atoms with Crippen LogP contribution in [0.1, 0.15) is 39.5 Å². The molecular weight excluding hydrogens is 428 g/mol. The van der Waals surface area contributed by atoms with Crippen molar-refractivity contribution >= 4 is 27.4 Å². The fourth-order valence-electron chi connectivity index (χ4n) is 3.88. The van der Waals surface area contributed by atoms with Crippen molar-refractivity contribution in [2.45, 2.75) is 25.6 Å². The highest BCUT2D eigenvalue weighted by atomic mass is 79.9. The van der Waals surface area contributed by atoms with Crippen LogP contribution >= 0.6 is 15.9 Å². The van der Waals surface area contributed by atoms with Gasteiger partial charge in [-0.3, -0.25) is 4.79 Å². The first-order valence-electron chi connectivity index (χ1n) is 9.58. The number of aryl methyl sites for hydroxylation is 1. The molecule has 0 bridgehead atoms. The van der Waals surface area contributed by atoms with Crippen molar-refractivity contribution in [3.8, 4) is 5.75 Å². The lowest BCUT2D eigenvalue weighted by atomic mass is 9.95. The summed E-state index contributed by atoms with van der Waals surface area (Å²) in [5.41, 5.74) is 4.94. The van der Waals surface area contributed by atoms with Gasteiger partial charge in [-0.2, -0.15) is 5.10 Å². The van der Waals surface area contributed by atoms with Crippen LogP contribution in [-0.2, 0) is 0 Å². The second-order valence-electron chi connectivity index (χ2n) is 7.39. The lowest BCUT2D eigenvalue weighted by Gasteiger charge is -2.37. The van der Waals surface area contributed by atoms with Gasteiger partial charge in [-0.05, 0) is 30.7 Å². The lowest BCUT2D eigenvalue weighted by molar-refractivity contribution is -0.00455. The van der Waals surface area contributed by atoms with Crippen LogP contribution in [-0.4, -0.2) is 22.7 Å². The normalized spacial score (nSPS) is 19.8. The summed E-state index contributed by atoms with van der Waals surface area (Å²) in [5.74, 6) is 0.662. The Labute approximate surface area is 177 Å². The van der Waals surface area contributed by atoms with Gasteiger partial charge >= 0.3 is 0 Å². The molecule has 4 nitrogen and oxygen atoms in total. The summed E-state index contributed by atoms with van der Waals surface area (Å²) in [6, 6.07) is 23.6. The van der Waals surface area contributed by atoms with Crippen molar-refractivity contribution in [1.82, 2.24) is 5.01 Å². The number of para-hydroxylation sites is 1. The standard InChI is InChI=1S/C24H19BrN2O2/c1-15-6-8-16(9-7-15)20-14-21-19-4-2-3-5-22(19)29-24(27(21)26-20)23(28)17-10-12-18(25)13-11-17/h2-13,21,24H,14H2,1H3/t21-,24-/m0/s1. The van der Waals surface area contributed by atoms with Crippen LogP contribution in [0.2, 0.25) is 0 Å². The Kier molecular flexibility index (Phi) is 4.47. The predicted octanol–water partition coefficient (Wildman–Crippen LogP) is 5.51. The van der Waals surface area contributed by atoms with Crippen molar-refractivity contribution in [2.75, 3.05) is 0 Å². The number of halogens is 1. The molecule has 3 aromatic carbocycles. The van der Waals surface area contributed by atoms with Crippen LogP contribution in [0.15, 0.2) is 82.4 Å². The molecule has 2 aliphatic heterocycles. The second kappa shape index (κ2) is 7.16. The molecule has 144 valence electrons. The van der Waals surface area contributed by atoms with E-state index in [9.17, 15) is 4.79 Å². The third-order valence-electron chi connectivity index (χ3n) is 5.44. The summed E-state index contributed by atoms with van der Waals surface area (Å²) in [5, 5.41) is 6.68. The molecule has 29 heavy (non-hydrogen) atoms. The average molecular weight is 447 g/mol. The minimum atomic E-state index is -0.779. The third kappa shape index (κ3) is 3.25. The Hall–Kier alpha value is -2.92. The van der Waals surface area contributed by atoms with Crippen LogP contribution < -0.4 is 4.74 Å². The zero-order valence-electron chi connectivity index (χ0n) is 15.9. The summed E-state index contributed by atoms with van der Waals surface area (Å²) in [4.78, 5) is 13.3. The van der Waals surface area contributed by atoms with Crippen LogP contribution in [0, 0.1) is 6.92 Å². The van der Waals surface area contributed by atoms with E-state index in [1.165, 1.54) is 5.56 Å². The predicted molar refractivity (Wildman–Crippen MR) is 116 cm³/mol. The molecule has 0 saturated heterocycles. The molecule has 0 saturated carbocycles. The first-order chi connectivity index (χ1) is 14.1. The maximum Gasteiger partial charge on any atom is 0.251 e. The zero-order chi connectivity index (χ0) is 20.0. The van der Waals surface area contributed by atoms with Gasteiger partial charge in [0.05, 0.1) is 11.8 Å². The van der Waals surface area contributed by atoms with Crippen LogP contribution in [0.3, 0.4) is 0 Å². The van der Waals surface area contributed by atoms with Crippen LogP contribution in [0.5, 0.6) is 5.75 Å². The number of nitrogens with zero attached hydrogens (tertiary/aromatic N) is 2. The van der Waals surface area contributed by atoms with Crippen molar-refractivity contribution in [3.63, 3.8) is 0 Å². The van der Waals surface area contributed by atoms with E-state index in [1.807, 2.05) is 47.5 Å². The molecule has 2 aliphatic rings. The van der Waals surface area contributed by atoms with Gasteiger partial charge in [0.15, 0.2) is 0 Å². The van der Waals surface area contributed by atoms with Gasteiger partial charge in [0, 0.05) is 22.0 Å². The van der Waals surface area contributed by atoms with E-state index in [1.54, 1.807) is 0 Å². The topological polar surface area (TPSA) is 41.9 Å². The Morgan fingerprint density at radius 1 is 1.03 bits per heavy atom. The molecule has 0 amide bonds. The molecular formula is C24H19BrN2O2. The zero-order valence-corrected chi connectivity index (χ0v) is 17.5. The van der Waals surface area contributed by atoms with E-state index in [4.69, 9.17) is 9.84 Å². The maximum atomic E-state index is 13.3. The summed E-state index contributed by atoms with van der Waals surface area (Å²) >= 11 is 3.42. The fourth-order valence-corrected chi connectivity index (χ4v) is 4.15. The highest BCUT2D eigenvalue weighted by molar-refractivity contribution is 9.10. The Morgan fingerprint density at radius 3 is 2.52 bits per heavy atom. The molecule has 0 fully saturated rings. The van der Waals surface area contributed by atoms with Gasteiger partial charge < -0.3 is 4.74 Å². The van der Waals surface area contributed by atoms with Crippen molar-refractivity contribution in [2.24, 2.45) is 5.10 Å². The second-order valence-corrected chi connectivity index (χ2v) is 8.31. The Morgan fingerprint density at radius 2 is 1.76 bits per heavy atom. The third-order valence-corrected chi connectivity index (χ3v) is 5.97. The van der Waals surface area contributed by atoms with E-state index in [0.717, 1.165) is 33.5 Å². The van der Waals surface area contributed by atoms with Gasteiger partial charge in [0.25, 0.3) is 6.23 Å². The summed E-state index contributed by atoms with van der Waals surface area (Å²) in [7, 11) is 0. The van der Waals surface area contributed by atoms with Gasteiger partial charge in [-0.1, -0.05) is 76.1 Å². The van der Waals surface area contributed by atoms with E-state index in [2.05, 4.69) is 53.2 Å². The molecule has 2 heterocycles. The number of hydrogen-bond acceptors (Lipinski definition) is 4. The Balaban J connectivity index is 1.55. The number of fused-ring (bicyclic) bond motifs is 3. The van der Waals surface area contributed by atoms with Gasteiger partial charge in [-0.25, -0.2) is 5.01 Å². The number of Topliss-reactive ketones (excluding diaryl/α,β-unsaturated/α-hetero) is 1. The van der Waals surface area contributed by atoms with Gasteiger partial charge in [0.1, 0.15) is 5.75 Å². The number of carbonyl (C=O) groups is 1. The summed E-state index contributed by atoms with van der Waals surface area (Å²) < 4.78 is 7.09. The molecule has 5 heteroatoms. The highest BCUT2D eigenvalue weighted by Crippen LogP contribution is 2.43. The largest absolute Gasteiger partial charge is 0.461 e. The molecule has 3 aromatic rings. The monoisotopic (exact) mass is 446 g/mol. The maximum absolute atomic E-state index is 13.3. The molecule has 2 atom stereocenters. The number of carbonyl (C=O) groups excluding carboxylic acids is 1. The molecule has 0 unspecified atom stereocenters. The average Bonchev–Trinajstić information content (AvgIpc) is 3.19.